The minimum atomic E-state index is -4.92. The molecule has 0 bridgehead atoms. The highest BCUT2D eigenvalue weighted by Gasteiger charge is 2.36. The highest BCUT2D eigenvalue weighted by atomic mass is 32.2. The Kier molecular flexibility index (Phi) is 6.14. The third-order valence-corrected chi connectivity index (χ3v) is 6.62. The Morgan fingerprint density at radius 2 is 1.73 bits per heavy atom. The van der Waals surface area contributed by atoms with Crippen LogP contribution in [-0.2, 0) is 21.0 Å². The van der Waals surface area contributed by atoms with E-state index in [1.54, 1.807) is 0 Å². The second kappa shape index (κ2) is 8.31. The topological polar surface area (TPSA) is 66.5 Å². The van der Waals surface area contributed by atoms with Crippen molar-refractivity contribution in [2.45, 2.75) is 23.9 Å². The van der Waals surface area contributed by atoms with Crippen LogP contribution in [0.5, 0.6) is 0 Å². The summed E-state index contributed by atoms with van der Waals surface area (Å²) in [4.78, 5) is 12.4. The number of carbonyl (C=O) groups excluding carboxylic acids is 1. The van der Waals surface area contributed by atoms with Crippen LogP contribution >= 0.6 is 0 Å². The van der Waals surface area contributed by atoms with E-state index in [9.17, 15) is 35.2 Å². The quantitative estimate of drug-likeness (QED) is 0.719. The number of rotatable bonds is 4. The number of alkyl halides is 3. The van der Waals surface area contributed by atoms with Crippen LogP contribution in [0.4, 0.5) is 27.6 Å². The van der Waals surface area contributed by atoms with Crippen molar-refractivity contribution in [3.63, 3.8) is 0 Å². The first-order valence-electron chi connectivity index (χ1n) is 8.92. The summed E-state index contributed by atoms with van der Waals surface area (Å²) in [5.41, 5.74) is -1.75. The molecule has 1 saturated heterocycles. The number of carbonyl (C=O) groups is 1. The molecule has 0 saturated carbocycles. The highest BCUT2D eigenvalue weighted by Crippen LogP contribution is 2.33. The molecule has 5 nitrogen and oxygen atoms in total. The molecule has 30 heavy (non-hydrogen) atoms. The fraction of sp³-hybridized carbons (Fsp3) is 0.316. The Labute approximate surface area is 169 Å². The maximum Gasteiger partial charge on any atom is 0.419 e. The molecular formula is C19H17F5N2O3S. The summed E-state index contributed by atoms with van der Waals surface area (Å²) < 4.78 is 91.5. The first-order valence-corrected chi connectivity index (χ1v) is 10.4. The van der Waals surface area contributed by atoms with Gasteiger partial charge in [-0.15, -0.1) is 0 Å². The summed E-state index contributed by atoms with van der Waals surface area (Å²) >= 11 is 0. The molecule has 0 spiro atoms. The van der Waals surface area contributed by atoms with Crippen molar-refractivity contribution in [2.75, 3.05) is 18.4 Å². The average molecular weight is 448 g/mol. The van der Waals surface area contributed by atoms with Crippen LogP contribution in [0.25, 0.3) is 0 Å². The van der Waals surface area contributed by atoms with E-state index < -0.39 is 45.2 Å². The number of anilines is 1. The van der Waals surface area contributed by atoms with Gasteiger partial charge in [-0.05, 0) is 55.3 Å². The van der Waals surface area contributed by atoms with Crippen LogP contribution in [0.1, 0.15) is 18.4 Å². The summed E-state index contributed by atoms with van der Waals surface area (Å²) in [5, 5.41) is 2.29. The van der Waals surface area contributed by atoms with Crippen LogP contribution in [0.2, 0.25) is 0 Å². The summed E-state index contributed by atoms with van der Waals surface area (Å²) in [7, 11) is -3.96. The molecule has 1 aliphatic heterocycles. The number of hydrogen-bond donors (Lipinski definition) is 1. The Balaban J connectivity index is 1.74. The van der Waals surface area contributed by atoms with Crippen LogP contribution in [0.3, 0.4) is 0 Å². The minimum absolute atomic E-state index is 0.127. The summed E-state index contributed by atoms with van der Waals surface area (Å²) in [6, 6.07) is 6.34. The number of sulfonamides is 1. The van der Waals surface area contributed by atoms with Gasteiger partial charge in [-0.25, -0.2) is 17.2 Å². The fourth-order valence-electron chi connectivity index (χ4n) is 3.19. The summed E-state index contributed by atoms with van der Waals surface area (Å²) in [6.07, 6.45) is -4.24. The van der Waals surface area contributed by atoms with Crippen molar-refractivity contribution in [1.82, 2.24) is 4.31 Å². The maximum atomic E-state index is 13.4. The maximum absolute atomic E-state index is 13.4. The first kappa shape index (κ1) is 22.2. The van der Waals surface area contributed by atoms with Crippen molar-refractivity contribution in [3.05, 3.63) is 59.7 Å². The predicted molar refractivity (Wildman–Crippen MR) is 97.9 cm³/mol. The van der Waals surface area contributed by atoms with E-state index in [0.717, 1.165) is 34.6 Å². The lowest BCUT2D eigenvalue weighted by molar-refractivity contribution is -0.140. The SMILES string of the molecule is O=C(Nc1ccc(F)c(C(F)(F)F)c1)[C@@H]1CCCN(S(=O)(=O)c2ccc(F)cc2)C1. The van der Waals surface area contributed by atoms with Crippen molar-refractivity contribution in [2.24, 2.45) is 5.92 Å². The number of nitrogens with one attached hydrogen (secondary N) is 1. The first-order chi connectivity index (χ1) is 14.0. The largest absolute Gasteiger partial charge is 0.419 e. The van der Waals surface area contributed by atoms with Crippen molar-refractivity contribution < 1.29 is 35.2 Å². The molecule has 0 aromatic heterocycles. The van der Waals surface area contributed by atoms with Gasteiger partial charge in [-0.1, -0.05) is 0 Å². The Bertz CT molecular complexity index is 1040. The zero-order chi connectivity index (χ0) is 22.1. The zero-order valence-electron chi connectivity index (χ0n) is 15.4. The molecule has 0 aliphatic carbocycles. The molecular weight excluding hydrogens is 431 g/mol. The van der Waals surface area contributed by atoms with Crippen LogP contribution in [0, 0.1) is 17.6 Å². The molecule has 3 rings (SSSR count). The molecule has 1 aliphatic rings. The van der Waals surface area contributed by atoms with Crippen molar-refractivity contribution in [3.8, 4) is 0 Å². The van der Waals surface area contributed by atoms with E-state index in [2.05, 4.69) is 5.32 Å². The van der Waals surface area contributed by atoms with Crippen LogP contribution in [0.15, 0.2) is 47.4 Å². The lowest BCUT2D eigenvalue weighted by Crippen LogP contribution is -2.43. The number of piperidine rings is 1. The van der Waals surface area contributed by atoms with Gasteiger partial charge < -0.3 is 5.32 Å². The Morgan fingerprint density at radius 1 is 1.07 bits per heavy atom. The third kappa shape index (κ3) is 4.78. The van der Waals surface area contributed by atoms with Crippen LogP contribution < -0.4 is 5.32 Å². The molecule has 0 radical (unpaired) electrons. The van der Waals surface area contributed by atoms with E-state index in [0.29, 0.717) is 25.0 Å². The second-order valence-corrected chi connectivity index (χ2v) is 8.78. The Morgan fingerprint density at radius 3 is 2.37 bits per heavy atom. The van der Waals surface area contributed by atoms with E-state index >= 15 is 0 Å². The van der Waals surface area contributed by atoms with Gasteiger partial charge in [0.25, 0.3) is 0 Å². The molecule has 0 unspecified atom stereocenters. The van der Waals surface area contributed by atoms with E-state index in [-0.39, 0.29) is 23.7 Å². The van der Waals surface area contributed by atoms with Gasteiger partial charge in [0.15, 0.2) is 0 Å². The van der Waals surface area contributed by atoms with Crippen molar-refractivity contribution >= 4 is 21.6 Å². The minimum Gasteiger partial charge on any atom is -0.326 e. The van der Waals surface area contributed by atoms with Gasteiger partial charge >= 0.3 is 6.18 Å². The smallest absolute Gasteiger partial charge is 0.326 e. The van der Waals surface area contributed by atoms with Gasteiger partial charge in [0.05, 0.1) is 16.4 Å². The lowest BCUT2D eigenvalue weighted by Gasteiger charge is -2.31. The Hall–Kier alpha value is -2.53. The number of amides is 1. The fourth-order valence-corrected chi connectivity index (χ4v) is 4.72. The number of hydrogen-bond acceptors (Lipinski definition) is 3. The molecule has 1 amide bonds. The lowest BCUT2D eigenvalue weighted by atomic mass is 9.98. The third-order valence-electron chi connectivity index (χ3n) is 4.75. The number of nitrogens with zero attached hydrogens (tertiary/aromatic N) is 1. The normalized spacial score (nSPS) is 18.2. The second-order valence-electron chi connectivity index (χ2n) is 6.84. The monoisotopic (exact) mass is 448 g/mol. The van der Waals surface area contributed by atoms with Crippen molar-refractivity contribution in [1.29, 1.82) is 0 Å². The highest BCUT2D eigenvalue weighted by molar-refractivity contribution is 7.89. The number of halogens is 5. The van der Waals surface area contributed by atoms with Gasteiger partial charge in [0, 0.05) is 18.8 Å². The van der Waals surface area contributed by atoms with Gasteiger partial charge in [-0.2, -0.15) is 17.5 Å². The molecule has 1 fully saturated rings. The van der Waals surface area contributed by atoms with Gasteiger partial charge in [-0.3, -0.25) is 4.79 Å². The standard InChI is InChI=1S/C19H17F5N2O3S/c20-13-3-6-15(7-4-13)30(28,29)26-9-1-2-12(11-26)18(27)25-14-5-8-17(21)16(10-14)19(22,23)24/h3-8,10,12H,1-2,9,11H2,(H,25,27)/t12-/m1/s1. The van der Waals surface area contributed by atoms with Crippen LogP contribution in [-0.4, -0.2) is 31.7 Å². The molecule has 2 aromatic rings. The van der Waals surface area contributed by atoms with Gasteiger partial charge in [0.1, 0.15) is 11.6 Å². The predicted octanol–water partition coefficient (Wildman–Crippen LogP) is 4.02. The molecule has 1 heterocycles. The molecule has 11 heteroatoms. The zero-order valence-corrected chi connectivity index (χ0v) is 16.2. The molecule has 1 atom stereocenters. The van der Waals surface area contributed by atoms with Gasteiger partial charge in [0.2, 0.25) is 15.9 Å². The molecule has 2 aromatic carbocycles. The number of benzene rings is 2. The molecule has 162 valence electrons. The summed E-state index contributed by atoms with van der Waals surface area (Å²) in [5.74, 6) is -3.54. The molecule has 1 N–H and O–H groups in total. The van der Waals surface area contributed by atoms with E-state index in [1.807, 2.05) is 0 Å². The average Bonchev–Trinajstić information content (AvgIpc) is 2.69. The van der Waals surface area contributed by atoms with E-state index in [4.69, 9.17) is 0 Å². The van der Waals surface area contributed by atoms with E-state index in [1.165, 1.54) is 0 Å². The summed E-state index contributed by atoms with van der Waals surface area (Å²) in [6.45, 7) is -0.0306.